The maximum absolute atomic E-state index is 5.90. The number of fused-ring (bicyclic) bond motifs is 1. The summed E-state index contributed by atoms with van der Waals surface area (Å²) in [7, 11) is 0. The Labute approximate surface area is 152 Å². The summed E-state index contributed by atoms with van der Waals surface area (Å²) in [6, 6.07) is 7.19. The summed E-state index contributed by atoms with van der Waals surface area (Å²) in [6.45, 7) is 13.6. The third-order valence-corrected chi connectivity index (χ3v) is 5.69. The number of nitrogens with one attached hydrogen (secondary N) is 2. The fourth-order valence-corrected chi connectivity index (χ4v) is 4.59. The van der Waals surface area contributed by atoms with E-state index in [4.69, 9.17) is 9.73 Å². The van der Waals surface area contributed by atoms with Gasteiger partial charge in [-0.25, -0.2) is 0 Å². The van der Waals surface area contributed by atoms with Gasteiger partial charge in [-0.2, -0.15) is 0 Å². The molecule has 0 radical (unpaired) electrons. The summed E-state index contributed by atoms with van der Waals surface area (Å²) in [4.78, 5) is 4.82. The van der Waals surface area contributed by atoms with Crippen LogP contribution in [0.25, 0.3) is 0 Å². The van der Waals surface area contributed by atoms with E-state index in [-0.39, 0.29) is 5.41 Å². The molecule has 138 valence electrons. The molecule has 1 aliphatic heterocycles. The fourth-order valence-electron chi connectivity index (χ4n) is 4.59. The van der Waals surface area contributed by atoms with Gasteiger partial charge in [-0.05, 0) is 39.2 Å². The summed E-state index contributed by atoms with van der Waals surface area (Å²) in [5.74, 6) is 1.56. The maximum Gasteiger partial charge on any atom is 0.191 e. The zero-order valence-electron chi connectivity index (χ0n) is 16.4. The number of hydrogen-bond acceptors (Lipinski definition) is 2. The standard InChI is InChI=1S/C21H33N3O/c1-6-22-20(23-9-7-16-12-14(2)11-15(3)13-16)24-18-17-8-10-25-19(17)21(18,4)5/h11-13,17-19H,6-10H2,1-5H3,(H2,22,23,24). The number of aryl methyl sites for hydroxylation is 2. The molecule has 4 nitrogen and oxygen atoms in total. The van der Waals surface area contributed by atoms with E-state index in [9.17, 15) is 0 Å². The van der Waals surface area contributed by atoms with Crippen molar-refractivity contribution in [3.8, 4) is 0 Å². The molecule has 25 heavy (non-hydrogen) atoms. The lowest BCUT2D eigenvalue weighted by Crippen LogP contribution is -2.68. The zero-order valence-corrected chi connectivity index (χ0v) is 16.4. The number of guanidine groups is 1. The molecule has 1 aromatic rings. The van der Waals surface area contributed by atoms with Crippen molar-refractivity contribution in [3.63, 3.8) is 0 Å². The molecule has 3 atom stereocenters. The number of rotatable bonds is 5. The Bertz CT molecular complexity index is 618. The highest BCUT2D eigenvalue weighted by molar-refractivity contribution is 5.80. The monoisotopic (exact) mass is 343 g/mol. The third kappa shape index (κ3) is 3.84. The van der Waals surface area contributed by atoms with Crippen LogP contribution in [0, 0.1) is 25.2 Å². The van der Waals surface area contributed by atoms with Crippen LogP contribution in [0.2, 0.25) is 0 Å². The smallest absolute Gasteiger partial charge is 0.191 e. The second kappa shape index (κ2) is 7.36. The quantitative estimate of drug-likeness (QED) is 0.637. The predicted octanol–water partition coefficient (Wildman–Crippen LogP) is 3.21. The molecule has 2 aliphatic rings. The Morgan fingerprint density at radius 1 is 1.24 bits per heavy atom. The molecule has 1 heterocycles. The Morgan fingerprint density at radius 2 is 1.96 bits per heavy atom. The molecule has 1 saturated carbocycles. The van der Waals surface area contributed by atoms with Crippen molar-refractivity contribution in [2.45, 2.75) is 59.6 Å². The SMILES string of the molecule is CCNC(=NCCc1cc(C)cc(C)c1)NC1C2CCOC2C1(C)C. The van der Waals surface area contributed by atoms with Gasteiger partial charge in [0.25, 0.3) is 0 Å². The van der Waals surface area contributed by atoms with Crippen LogP contribution in [0.15, 0.2) is 23.2 Å². The van der Waals surface area contributed by atoms with E-state index < -0.39 is 0 Å². The van der Waals surface area contributed by atoms with Crippen molar-refractivity contribution in [2.75, 3.05) is 19.7 Å². The number of aliphatic imine (C=N–C) groups is 1. The molecule has 1 aliphatic carbocycles. The summed E-state index contributed by atoms with van der Waals surface area (Å²) in [5, 5.41) is 7.09. The van der Waals surface area contributed by atoms with E-state index in [1.54, 1.807) is 0 Å². The molecule has 3 rings (SSSR count). The largest absolute Gasteiger partial charge is 0.377 e. The summed E-state index contributed by atoms with van der Waals surface area (Å²) < 4.78 is 5.90. The molecular formula is C21H33N3O. The van der Waals surface area contributed by atoms with Gasteiger partial charge in [0, 0.05) is 37.1 Å². The maximum atomic E-state index is 5.90. The lowest BCUT2D eigenvalue weighted by Gasteiger charge is -2.54. The zero-order chi connectivity index (χ0) is 18.0. The van der Waals surface area contributed by atoms with E-state index in [0.29, 0.717) is 18.1 Å². The number of hydrogen-bond donors (Lipinski definition) is 2. The van der Waals surface area contributed by atoms with E-state index in [0.717, 1.165) is 38.5 Å². The Morgan fingerprint density at radius 3 is 2.64 bits per heavy atom. The van der Waals surface area contributed by atoms with Gasteiger partial charge in [-0.3, -0.25) is 4.99 Å². The van der Waals surface area contributed by atoms with Crippen LogP contribution in [-0.2, 0) is 11.2 Å². The average molecular weight is 344 g/mol. The van der Waals surface area contributed by atoms with Crippen molar-refractivity contribution in [1.29, 1.82) is 0 Å². The topological polar surface area (TPSA) is 45.7 Å². The molecule has 0 bridgehead atoms. The first-order valence-corrected chi connectivity index (χ1v) is 9.65. The summed E-state index contributed by atoms with van der Waals surface area (Å²) in [6.07, 6.45) is 2.54. The number of benzene rings is 1. The van der Waals surface area contributed by atoms with Gasteiger partial charge in [0.05, 0.1) is 6.10 Å². The molecule has 1 saturated heterocycles. The number of nitrogens with zero attached hydrogens (tertiary/aromatic N) is 1. The van der Waals surface area contributed by atoms with Gasteiger partial charge >= 0.3 is 0 Å². The van der Waals surface area contributed by atoms with Gasteiger partial charge in [-0.15, -0.1) is 0 Å². The van der Waals surface area contributed by atoms with E-state index in [1.807, 2.05) is 0 Å². The first-order valence-electron chi connectivity index (χ1n) is 9.65. The Hall–Kier alpha value is -1.55. The van der Waals surface area contributed by atoms with Gasteiger partial charge in [0.1, 0.15) is 0 Å². The van der Waals surface area contributed by atoms with Crippen molar-refractivity contribution in [2.24, 2.45) is 16.3 Å². The molecule has 4 heteroatoms. The molecule has 0 spiro atoms. The minimum atomic E-state index is 0.172. The predicted molar refractivity (Wildman–Crippen MR) is 104 cm³/mol. The van der Waals surface area contributed by atoms with Crippen molar-refractivity contribution >= 4 is 5.96 Å². The third-order valence-electron chi connectivity index (χ3n) is 5.69. The van der Waals surface area contributed by atoms with Crippen molar-refractivity contribution < 1.29 is 4.74 Å². The van der Waals surface area contributed by atoms with Crippen molar-refractivity contribution in [3.05, 3.63) is 34.9 Å². The minimum absolute atomic E-state index is 0.172. The van der Waals surface area contributed by atoms with Crippen LogP contribution in [0.1, 0.15) is 43.9 Å². The second-order valence-corrected chi connectivity index (χ2v) is 8.19. The Balaban J connectivity index is 1.61. The highest BCUT2D eigenvalue weighted by atomic mass is 16.5. The lowest BCUT2D eigenvalue weighted by atomic mass is 9.57. The molecule has 3 unspecified atom stereocenters. The molecule has 2 fully saturated rings. The van der Waals surface area contributed by atoms with Crippen LogP contribution in [0.5, 0.6) is 0 Å². The van der Waals surface area contributed by atoms with Gasteiger partial charge in [0.15, 0.2) is 5.96 Å². The number of ether oxygens (including phenoxy) is 1. The molecule has 2 N–H and O–H groups in total. The normalized spacial score (nSPS) is 27.6. The second-order valence-electron chi connectivity index (χ2n) is 8.19. The van der Waals surface area contributed by atoms with E-state index >= 15 is 0 Å². The summed E-state index contributed by atoms with van der Waals surface area (Å²) in [5.41, 5.74) is 4.19. The van der Waals surface area contributed by atoms with E-state index in [2.05, 4.69) is 63.5 Å². The highest BCUT2D eigenvalue weighted by Gasteiger charge is 2.59. The highest BCUT2D eigenvalue weighted by Crippen LogP contribution is 2.52. The molecular weight excluding hydrogens is 310 g/mol. The molecule has 0 amide bonds. The first-order chi connectivity index (χ1) is 11.9. The first kappa shape index (κ1) is 18.2. The Kier molecular flexibility index (Phi) is 5.38. The van der Waals surface area contributed by atoms with Gasteiger partial charge < -0.3 is 15.4 Å². The average Bonchev–Trinajstić information content (AvgIpc) is 2.98. The summed E-state index contributed by atoms with van der Waals surface area (Å²) >= 11 is 0. The fraction of sp³-hybridized carbons (Fsp3) is 0.667. The van der Waals surface area contributed by atoms with Crippen LogP contribution in [0.3, 0.4) is 0 Å². The van der Waals surface area contributed by atoms with Gasteiger partial charge in [0.2, 0.25) is 0 Å². The van der Waals surface area contributed by atoms with Crippen LogP contribution in [-0.4, -0.2) is 37.8 Å². The van der Waals surface area contributed by atoms with Crippen molar-refractivity contribution in [1.82, 2.24) is 10.6 Å². The van der Waals surface area contributed by atoms with Crippen LogP contribution < -0.4 is 10.6 Å². The molecule has 1 aromatic carbocycles. The lowest BCUT2D eigenvalue weighted by molar-refractivity contribution is -0.106. The van der Waals surface area contributed by atoms with E-state index in [1.165, 1.54) is 16.7 Å². The van der Waals surface area contributed by atoms with Crippen LogP contribution in [0.4, 0.5) is 0 Å². The van der Waals surface area contributed by atoms with Gasteiger partial charge in [-0.1, -0.05) is 43.2 Å². The minimum Gasteiger partial charge on any atom is -0.377 e. The molecule has 0 aromatic heterocycles. The van der Waals surface area contributed by atoms with Crippen LogP contribution >= 0.6 is 0 Å².